The second kappa shape index (κ2) is 5.81. The molecule has 0 saturated carbocycles. The van der Waals surface area contributed by atoms with E-state index in [-0.39, 0.29) is 5.82 Å². The van der Waals surface area contributed by atoms with Gasteiger partial charge in [0.05, 0.1) is 6.61 Å². The summed E-state index contributed by atoms with van der Waals surface area (Å²) >= 11 is 3.26. The molecule has 0 bridgehead atoms. The number of halogens is 2. The fraction of sp³-hybridized carbons (Fsp3) is 0.273. The number of unbranched alkanes of at least 4 members (excludes halogenated alkanes) is 1. The zero-order valence-electron chi connectivity index (χ0n) is 7.80. The Balaban J connectivity index is 2.49. The molecule has 0 saturated heterocycles. The van der Waals surface area contributed by atoms with E-state index in [2.05, 4.69) is 22.5 Å². The van der Waals surface area contributed by atoms with Crippen LogP contribution in [0.2, 0.25) is 0 Å². The first-order valence-electron chi connectivity index (χ1n) is 4.43. The predicted octanol–water partition coefficient (Wildman–Crippen LogP) is 3.93. The van der Waals surface area contributed by atoms with Gasteiger partial charge in [-0.25, -0.2) is 4.39 Å². The zero-order valence-corrected chi connectivity index (χ0v) is 9.39. The summed E-state index contributed by atoms with van der Waals surface area (Å²) in [4.78, 5) is 0. The van der Waals surface area contributed by atoms with E-state index in [0.717, 1.165) is 17.3 Å². The Morgan fingerprint density at radius 2 is 2.29 bits per heavy atom. The van der Waals surface area contributed by atoms with Crippen molar-refractivity contribution in [3.8, 4) is 5.75 Å². The number of hydrogen-bond acceptors (Lipinski definition) is 1. The molecule has 1 nitrogen and oxygen atoms in total. The Labute approximate surface area is 91.7 Å². The van der Waals surface area contributed by atoms with Gasteiger partial charge in [0.1, 0.15) is 0 Å². The number of rotatable bonds is 5. The summed E-state index contributed by atoms with van der Waals surface area (Å²) in [6.45, 7) is 4.11. The lowest BCUT2D eigenvalue weighted by Crippen LogP contribution is -1.98. The van der Waals surface area contributed by atoms with Crippen molar-refractivity contribution in [2.24, 2.45) is 0 Å². The Kier molecular flexibility index (Phi) is 4.66. The molecule has 1 aromatic rings. The van der Waals surface area contributed by atoms with Gasteiger partial charge in [-0.1, -0.05) is 22.0 Å². The van der Waals surface area contributed by atoms with Crippen LogP contribution in [0, 0.1) is 5.82 Å². The van der Waals surface area contributed by atoms with Crippen molar-refractivity contribution >= 4 is 15.9 Å². The van der Waals surface area contributed by atoms with Crippen molar-refractivity contribution in [3.63, 3.8) is 0 Å². The molecule has 0 amide bonds. The van der Waals surface area contributed by atoms with Crippen molar-refractivity contribution in [1.29, 1.82) is 0 Å². The van der Waals surface area contributed by atoms with Gasteiger partial charge in [0.15, 0.2) is 11.6 Å². The van der Waals surface area contributed by atoms with Gasteiger partial charge in [-0.15, -0.1) is 6.58 Å². The monoisotopic (exact) mass is 258 g/mol. The van der Waals surface area contributed by atoms with Crippen LogP contribution >= 0.6 is 15.9 Å². The minimum atomic E-state index is -0.327. The SMILES string of the molecule is C=CCCCOc1cc(Br)ccc1F. The van der Waals surface area contributed by atoms with Crippen LogP contribution in [0.4, 0.5) is 4.39 Å². The molecular weight excluding hydrogens is 247 g/mol. The van der Waals surface area contributed by atoms with Crippen molar-refractivity contribution < 1.29 is 9.13 Å². The van der Waals surface area contributed by atoms with E-state index in [0.29, 0.717) is 12.4 Å². The lowest BCUT2D eigenvalue weighted by atomic mass is 10.3. The van der Waals surface area contributed by atoms with E-state index >= 15 is 0 Å². The molecule has 76 valence electrons. The molecule has 3 heteroatoms. The normalized spacial score (nSPS) is 9.86. The van der Waals surface area contributed by atoms with Gasteiger partial charge in [-0.2, -0.15) is 0 Å². The summed E-state index contributed by atoms with van der Waals surface area (Å²) < 4.78 is 19.2. The molecule has 0 spiro atoms. The van der Waals surface area contributed by atoms with Crippen molar-refractivity contribution in [2.45, 2.75) is 12.8 Å². The summed E-state index contributed by atoms with van der Waals surface area (Å²) in [5.74, 6) is -0.0322. The maximum atomic E-state index is 13.1. The molecule has 1 rings (SSSR count). The summed E-state index contributed by atoms with van der Waals surface area (Å²) in [6.07, 6.45) is 3.56. The number of ether oxygens (including phenoxy) is 1. The Morgan fingerprint density at radius 1 is 1.50 bits per heavy atom. The molecule has 0 N–H and O–H groups in total. The number of benzene rings is 1. The Hall–Kier alpha value is -0.830. The van der Waals surface area contributed by atoms with E-state index in [4.69, 9.17) is 4.74 Å². The van der Waals surface area contributed by atoms with Crippen molar-refractivity contribution in [2.75, 3.05) is 6.61 Å². The average Bonchev–Trinajstić information content (AvgIpc) is 2.18. The third-order valence-electron chi connectivity index (χ3n) is 1.70. The largest absolute Gasteiger partial charge is 0.490 e. The highest BCUT2D eigenvalue weighted by molar-refractivity contribution is 9.10. The third-order valence-corrected chi connectivity index (χ3v) is 2.20. The highest BCUT2D eigenvalue weighted by Crippen LogP contribution is 2.22. The van der Waals surface area contributed by atoms with Crippen LogP contribution in [0.1, 0.15) is 12.8 Å². The molecule has 1 aromatic carbocycles. The third kappa shape index (κ3) is 3.50. The molecule has 14 heavy (non-hydrogen) atoms. The molecule has 0 fully saturated rings. The van der Waals surface area contributed by atoms with Gasteiger partial charge in [0.2, 0.25) is 0 Å². The second-order valence-electron chi connectivity index (χ2n) is 2.85. The molecule has 0 heterocycles. The van der Waals surface area contributed by atoms with Crippen LogP contribution in [0.5, 0.6) is 5.75 Å². The average molecular weight is 259 g/mol. The summed E-state index contributed by atoms with van der Waals surface area (Å²) in [7, 11) is 0. The smallest absolute Gasteiger partial charge is 0.165 e. The van der Waals surface area contributed by atoms with Crippen LogP contribution in [-0.4, -0.2) is 6.61 Å². The predicted molar refractivity (Wildman–Crippen MR) is 59.0 cm³/mol. The van der Waals surface area contributed by atoms with E-state index in [9.17, 15) is 4.39 Å². The first kappa shape index (κ1) is 11.2. The van der Waals surface area contributed by atoms with Crippen molar-refractivity contribution in [3.05, 3.63) is 41.1 Å². The van der Waals surface area contributed by atoms with Gasteiger partial charge < -0.3 is 4.74 Å². The Bertz CT molecular complexity index is 312. The van der Waals surface area contributed by atoms with Gasteiger partial charge in [-0.05, 0) is 31.0 Å². The molecule has 0 atom stereocenters. The Morgan fingerprint density at radius 3 is 3.00 bits per heavy atom. The van der Waals surface area contributed by atoms with Gasteiger partial charge >= 0.3 is 0 Å². The van der Waals surface area contributed by atoms with Crippen LogP contribution < -0.4 is 4.74 Å². The quantitative estimate of drug-likeness (QED) is 0.575. The van der Waals surface area contributed by atoms with Crippen molar-refractivity contribution in [1.82, 2.24) is 0 Å². The highest BCUT2D eigenvalue weighted by atomic mass is 79.9. The molecular formula is C11H12BrFO. The first-order chi connectivity index (χ1) is 6.74. The first-order valence-corrected chi connectivity index (χ1v) is 5.22. The molecule has 0 radical (unpaired) electrons. The topological polar surface area (TPSA) is 9.23 Å². The lowest BCUT2D eigenvalue weighted by Gasteiger charge is -2.06. The molecule has 0 aliphatic rings. The fourth-order valence-electron chi connectivity index (χ4n) is 0.998. The summed E-state index contributed by atoms with van der Waals surface area (Å²) in [5, 5.41) is 0. The van der Waals surface area contributed by atoms with E-state index < -0.39 is 0 Å². The number of allylic oxidation sites excluding steroid dienone is 1. The van der Waals surface area contributed by atoms with E-state index in [1.807, 2.05) is 6.08 Å². The van der Waals surface area contributed by atoms with Gasteiger partial charge in [0, 0.05) is 4.47 Å². The molecule has 0 unspecified atom stereocenters. The molecule has 0 aliphatic carbocycles. The zero-order chi connectivity index (χ0) is 10.4. The molecule has 0 aromatic heterocycles. The molecule has 0 aliphatic heterocycles. The maximum Gasteiger partial charge on any atom is 0.165 e. The van der Waals surface area contributed by atoms with Crippen LogP contribution in [0.3, 0.4) is 0 Å². The lowest BCUT2D eigenvalue weighted by molar-refractivity contribution is 0.296. The van der Waals surface area contributed by atoms with Gasteiger partial charge in [-0.3, -0.25) is 0 Å². The fourth-order valence-corrected chi connectivity index (χ4v) is 1.34. The highest BCUT2D eigenvalue weighted by Gasteiger charge is 2.02. The number of hydrogen-bond donors (Lipinski definition) is 0. The van der Waals surface area contributed by atoms with Crippen LogP contribution in [0.25, 0.3) is 0 Å². The van der Waals surface area contributed by atoms with Crippen LogP contribution in [0.15, 0.2) is 35.3 Å². The summed E-state index contributed by atoms with van der Waals surface area (Å²) in [5.41, 5.74) is 0. The van der Waals surface area contributed by atoms with Crippen LogP contribution in [-0.2, 0) is 0 Å². The van der Waals surface area contributed by atoms with Gasteiger partial charge in [0.25, 0.3) is 0 Å². The maximum absolute atomic E-state index is 13.1. The van der Waals surface area contributed by atoms with E-state index in [1.54, 1.807) is 12.1 Å². The minimum Gasteiger partial charge on any atom is -0.490 e. The van der Waals surface area contributed by atoms with E-state index in [1.165, 1.54) is 6.07 Å². The summed E-state index contributed by atoms with van der Waals surface area (Å²) in [6, 6.07) is 4.65. The standard InChI is InChI=1S/C11H12BrFO/c1-2-3-4-7-14-11-8-9(12)5-6-10(11)13/h2,5-6,8H,1,3-4,7H2. The second-order valence-corrected chi connectivity index (χ2v) is 3.77. The minimum absolute atomic E-state index is 0.295.